The van der Waals surface area contributed by atoms with Crippen molar-refractivity contribution in [2.45, 2.75) is 12.8 Å². The van der Waals surface area contributed by atoms with Gasteiger partial charge in [-0.15, -0.1) is 0 Å². The van der Waals surface area contributed by atoms with Crippen molar-refractivity contribution in [3.63, 3.8) is 0 Å². The van der Waals surface area contributed by atoms with Crippen molar-refractivity contribution in [3.8, 4) is 0 Å². The Balaban J connectivity index is 1.46. The van der Waals surface area contributed by atoms with E-state index >= 15 is 0 Å². The fourth-order valence-electron chi connectivity index (χ4n) is 2.74. The summed E-state index contributed by atoms with van der Waals surface area (Å²) in [5.74, 6) is -1.46. The Morgan fingerprint density at radius 1 is 1.08 bits per heavy atom. The first-order valence-corrected chi connectivity index (χ1v) is 8.98. The van der Waals surface area contributed by atoms with Crippen LogP contribution in [0.4, 0.5) is 10.1 Å². The maximum Gasteiger partial charge on any atom is 0.228 e. The molecule has 1 saturated carbocycles. The lowest BCUT2D eigenvalue weighted by atomic mass is 10.1. The van der Waals surface area contributed by atoms with Crippen LogP contribution in [0.5, 0.6) is 0 Å². The topological polar surface area (TPSA) is 58.2 Å². The van der Waals surface area contributed by atoms with Crippen LogP contribution in [0.1, 0.15) is 12.0 Å². The number of hydrogen-bond donors (Lipinski definition) is 2. The summed E-state index contributed by atoms with van der Waals surface area (Å²) in [5.41, 5.74) is 1.02. The maximum absolute atomic E-state index is 13.5. The molecule has 2 N–H and O–H groups in total. The molecule has 26 heavy (non-hydrogen) atoms. The van der Waals surface area contributed by atoms with E-state index in [2.05, 4.69) is 10.6 Å². The van der Waals surface area contributed by atoms with Crippen molar-refractivity contribution >= 4 is 40.7 Å². The summed E-state index contributed by atoms with van der Waals surface area (Å²) in [4.78, 5) is 24.4. The van der Waals surface area contributed by atoms with Gasteiger partial charge in [0.05, 0.1) is 22.5 Å². The summed E-state index contributed by atoms with van der Waals surface area (Å²) >= 11 is 11.9. The lowest BCUT2D eigenvalue weighted by Crippen LogP contribution is -2.29. The molecule has 0 heterocycles. The van der Waals surface area contributed by atoms with E-state index in [9.17, 15) is 14.0 Å². The van der Waals surface area contributed by atoms with Crippen LogP contribution in [0.15, 0.2) is 42.5 Å². The first-order chi connectivity index (χ1) is 12.5. The molecule has 7 heteroatoms. The quantitative estimate of drug-likeness (QED) is 0.775. The molecule has 2 aromatic carbocycles. The van der Waals surface area contributed by atoms with Gasteiger partial charge in [0, 0.05) is 11.6 Å². The lowest BCUT2D eigenvalue weighted by Gasteiger charge is -2.08. The number of benzene rings is 2. The average Bonchev–Trinajstić information content (AvgIpc) is 3.40. The number of carbonyl (C=O) groups is 2. The Labute approximate surface area is 160 Å². The zero-order valence-corrected chi connectivity index (χ0v) is 15.3. The van der Waals surface area contributed by atoms with E-state index in [1.54, 1.807) is 36.4 Å². The summed E-state index contributed by atoms with van der Waals surface area (Å²) in [6, 6.07) is 11.2. The largest absolute Gasteiger partial charge is 0.356 e. The molecule has 2 amide bonds. The van der Waals surface area contributed by atoms with Crippen LogP contribution in [0.25, 0.3) is 0 Å². The van der Waals surface area contributed by atoms with E-state index < -0.39 is 0 Å². The number of carbonyl (C=O) groups excluding carboxylic acids is 2. The van der Waals surface area contributed by atoms with E-state index in [1.165, 1.54) is 6.07 Å². The summed E-state index contributed by atoms with van der Waals surface area (Å²) < 4.78 is 13.5. The van der Waals surface area contributed by atoms with Gasteiger partial charge in [-0.25, -0.2) is 4.39 Å². The molecule has 0 spiro atoms. The Morgan fingerprint density at radius 3 is 2.54 bits per heavy atom. The summed E-state index contributed by atoms with van der Waals surface area (Å²) in [6.45, 7) is 0.327. The van der Waals surface area contributed by atoms with Crippen LogP contribution in [-0.4, -0.2) is 18.4 Å². The van der Waals surface area contributed by atoms with Gasteiger partial charge in [-0.1, -0.05) is 41.4 Å². The molecule has 2 unspecified atom stereocenters. The molecule has 136 valence electrons. The van der Waals surface area contributed by atoms with E-state index in [-0.39, 0.29) is 29.5 Å². The summed E-state index contributed by atoms with van der Waals surface area (Å²) in [6.07, 6.45) is 0.894. The number of hydrogen-bond acceptors (Lipinski definition) is 2. The van der Waals surface area contributed by atoms with Gasteiger partial charge in [-0.2, -0.15) is 0 Å². The smallest absolute Gasteiger partial charge is 0.228 e. The zero-order valence-electron chi connectivity index (χ0n) is 13.8. The van der Waals surface area contributed by atoms with Gasteiger partial charge < -0.3 is 10.6 Å². The second-order valence-electron chi connectivity index (χ2n) is 6.19. The van der Waals surface area contributed by atoms with Gasteiger partial charge in [-0.3, -0.25) is 9.59 Å². The molecule has 0 bridgehead atoms. The highest BCUT2D eigenvalue weighted by Crippen LogP contribution is 2.40. The minimum atomic E-state index is -0.379. The number of nitrogens with one attached hydrogen (secondary N) is 2. The van der Waals surface area contributed by atoms with Gasteiger partial charge in [-0.05, 0) is 42.7 Å². The standard InChI is InChI=1S/C19H17Cl2FN2O2/c20-12-5-6-17(15(21)9-12)24-19(26)14-10-13(14)18(25)23-8-7-11-3-1-2-4-16(11)22/h1-6,9,13-14H,7-8,10H2,(H,23,25)(H,24,26). The number of rotatable bonds is 6. The minimum absolute atomic E-state index is 0.191. The normalized spacial score (nSPS) is 18.3. The van der Waals surface area contributed by atoms with Gasteiger partial charge >= 0.3 is 0 Å². The molecular formula is C19H17Cl2FN2O2. The predicted octanol–water partition coefficient (Wildman–Crippen LogP) is 4.07. The van der Waals surface area contributed by atoms with Crippen LogP contribution in [0.2, 0.25) is 10.0 Å². The highest BCUT2D eigenvalue weighted by Gasteiger charge is 2.47. The van der Waals surface area contributed by atoms with E-state index in [0.717, 1.165) is 0 Å². The van der Waals surface area contributed by atoms with Gasteiger partial charge in [0.25, 0.3) is 0 Å². The van der Waals surface area contributed by atoms with Crippen molar-refractivity contribution in [1.29, 1.82) is 0 Å². The lowest BCUT2D eigenvalue weighted by molar-refractivity contribution is -0.125. The molecule has 1 aliphatic rings. The van der Waals surface area contributed by atoms with Crippen molar-refractivity contribution in [2.24, 2.45) is 11.8 Å². The summed E-state index contributed by atoms with van der Waals surface area (Å²) in [7, 11) is 0. The first kappa shape index (κ1) is 18.7. The highest BCUT2D eigenvalue weighted by atomic mass is 35.5. The third-order valence-electron chi connectivity index (χ3n) is 4.30. The Kier molecular flexibility index (Phi) is 5.79. The van der Waals surface area contributed by atoms with E-state index in [1.807, 2.05) is 0 Å². The third-order valence-corrected chi connectivity index (χ3v) is 4.85. The molecular weight excluding hydrogens is 378 g/mol. The second kappa shape index (κ2) is 8.06. The van der Waals surface area contributed by atoms with E-state index in [0.29, 0.717) is 40.7 Å². The van der Waals surface area contributed by atoms with Crippen LogP contribution < -0.4 is 10.6 Å². The Bertz CT molecular complexity index is 844. The average molecular weight is 395 g/mol. The summed E-state index contributed by atoms with van der Waals surface area (Å²) in [5, 5.41) is 6.30. The molecule has 2 aromatic rings. The second-order valence-corrected chi connectivity index (χ2v) is 7.04. The molecule has 1 aliphatic carbocycles. The Morgan fingerprint density at radius 2 is 1.81 bits per heavy atom. The molecule has 0 aliphatic heterocycles. The molecule has 0 radical (unpaired) electrons. The Hall–Kier alpha value is -2.11. The maximum atomic E-state index is 13.5. The number of amides is 2. The van der Waals surface area contributed by atoms with Crippen LogP contribution >= 0.6 is 23.2 Å². The van der Waals surface area contributed by atoms with Gasteiger partial charge in [0.1, 0.15) is 5.82 Å². The predicted molar refractivity (Wildman–Crippen MR) is 99.8 cm³/mol. The number of anilines is 1. The highest BCUT2D eigenvalue weighted by molar-refractivity contribution is 6.36. The fraction of sp³-hybridized carbons (Fsp3) is 0.263. The van der Waals surface area contributed by atoms with Crippen LogP contribution in [-0.2, 0) is 16.0 Å². The van der Waals surface area contributed by atoms with Crippen molar-refractivity contribution in [3.05, 3.63) is 63.9 Å². The van der Waals surface area contributed by atoms with Gasteiger partial charge in [0.2, 0.25) is 11.8 Å². The van der Waals surface area contributed by atoms with Crippen molar-refractivity contribution in [1.82, 2.24) is 5.32 Å². The number of halogens is 3. The van der Waals surface area contributed by atoms with E-state index in [4.69, 9.17) is 23.2 Å². The SMILES string of the molecule is O=C(NCCc1ccccc1F)C1CC1C(=O)Nc1ccc(Cl)cc1Cl. The zero-order chi connectivity index (χ0) is 18.7. The molecule has 4 nitrogen and oxygen atoms in total. The monoisotopic (exact) mass is 394 g/mol. The molecule has 2 atom stereocenters. The molecule has 0 aromatic heterocycles. The minimum Gasteiger partial charge on any atom is -0.356 e. The third kappa shape index (κ3) is 4.54. The van der Waals surface area contributed by atoms with Crippen molar-refractivity contribution in [2.75, 3.05) is 11.9 Å². The van der Waals surface area contributed by atoms with Crippen molar-refractivity contribution < 1.29 is 14.0 Å². The molecule has 0 saturated heterocycles. The first-order valence-electron chi connectivity index (χ1n) is 8.22. The van der Waals surface area contributed by atoms with Gasteiger partial charge in [0.15, 0.2) is 0 Å². The molecule has 1 fully saturated rings. The molecule has 3 rings (SSSR count). The van der Waals surface area contributed by atoms with Crippen LogP contribution in [0, 0.1) is 17.7 Å². The fourth-order valence-corrected chi connectivity index (χ4v) is 3.20. The van der Waals surface area contributed by atoms with Crippen LogP contribution in [0.3, 0.4) is 0 Å².